The first-order chi connectivity index (χ1) is 9.40. The summed E-state index contributed by atoms with van der Waals surface area (Å²) in [4.78, 5) is 38.2. The van der Waals surface area contributed by atoms with Gasteiger partial charge in [0.1, 0.15) is 13.1 Å². The largest absolute Gasteiger partial charge is 0.480 e. The van der Waals surface area contributed by atoms with Crippen molar-refractivity contribution >= 4 is 17.9 Å². The molecule has 1 aromatic rings. The number of nitrogens with zero attached hydrogens (tertiary/aromatic N) is 2. The first-order valence-electron chi connectivity index (χ1n) is 5.83. The van der Waals surface area contributed by atoms with Crippen molar-refractivity contribution in [3.8, 4) is 0 Å². The molecule has 0 aromatic carbocycles. The minimum atomic E-state index is -1.23. The predicted molar refractivity (Wildman–Crippen MR) is 69.6 cm³/mol. The maximum atomic E-state index is 11.8. The first kappa shape index (κ1) is 15.4. The molecule has 8 heteroatoms. The second kappa shape index (κ2) is 7.07. The van der Waals surface area contributed by atoms with Crippen LogP contribution in [0.4, 0.5) is 4.79 Å². The zero-order valence-electron chi connectivity index (χ0n) is 11.0. The van der Waals surface area contributed by atoms with E-state index in [0.717, 1.165) is 10.5 Å². The van der Waals surface area contributed by atoms with Crippen LogP contribution in [0.2, 0.25) is 0 Å². The third-order valence-corrected chi connectivity index (χ3v) is 2.48. The Morgan fingerprint density at radius 3 is 2.65 bits per heavy atom. The van der Waals surface area contributed by atoms with Gasteiger partial charge in [0.15, 0.2) is 0 Å². The number of primary amides is 1. The summed E-state index contributed by atoms with van der Waals surface area (Å²) in [5.41, 5.74) is 6.53. The number of hydrogen-bond donors (Lipinski definition) is 3. The van der Waals surface area contributed by atoms with Gasteiger partial charge in [-0.3, -0.25) is 14.6 Å². The van der Waals surface area contributed by atoms with Gasteiger partial charge in [0.2, 0.25) is 5.91 Å². The lowest BCUT2D eigenvalue weighted by Crippen LogP contribution is -2.46. The van der Waals surface area contributed by atoms with Gasteiger partial charge in [-0.05, 0) is 18.6 Å². The molecule has 0 atom stereocenters. The number of rotatable bonds is 6. The summed E-state index contributed by atoms with van der Waals surface area (Å²) in [6.07, 6.45) is 1.59. The number of hydrogen-bond acceptors (Lipinski definition) is 4. The van der Waals surface area contributed by atoms with Gasteiger partial charge in [-0.1, -0.05) is 6.07 Å². The molecular formula is C12H16N4O4. The van der Waals surface area contributed by atoms with Crippen LogP contribution < -0.4 is 11.1 Å². The van der Waals surface area contributed by atoms with E-state index in [-0.39, 0.29) is 6.54 Å². The van der Waals surface area contributed by atoms with Gasteiger partial charge in [-0.15, -0.1) is 0 Å². The van der Waals surface area contributed by atoms with E-state index in [0.29, 0.717) is 5.69 Å². The maximum Gasteiger partial charge on any atom is 0.323 e. The van der Waals surface area contributed by atoms with Gasteiger partial charge in [0.05, 0.1) is 12.2 Å². The third-order valence-electron chi connectivity index (χ3n) is 2.48. The van der Waals surface area contributed by atoms with Gasteiger partial charge in [-0.2, -0.15) is 0 Å². The molecular weight excluding hydrogens is 264 g/mol. The zero-order chi connectivity index (χ0) is 15.1. The number of pyridine rings is 1. The number of nitrogens with two attached hydrogens (primary N) is 1. The van der Waals surface area contributed by atoms with E-state index in [2.05, 4.69) is 10.3 Å². The van der Waals surface area contributed by atoms with Crippen molar-refractivity contribution in [3.05, 3.63) is 29.6 Å². The molecule has 0 aliphatic carbocycles. The number of urea groups is 1. The number of carbonyl (C=O) groups is 3. The lowest BCUT2D eigenvalue weighted by Gasteiger charge is -2.19. The molecule has 1 heterocycles. The number of aliphatic carboxylic acids is 1. The molecule has 0 unspecified atom stereocenters. The van der Waals surface area contributed by atoms with Crippen LogP contribution in [0.25, 0.3) is 0 Å². The summed E-state index contributed by atoms with van der Waals surface area (Å²) in [7, 11) is 0. The topological polar surface area (TPSA) is 126 Å². The summed E-state index contributed by atoms with van der Waals surface area (Å²) in [5.74, 6) is -2.01. The Bertz CT molecular complexity index is 502. The Kier molecular flexibility index (Phi) is 5.45. The fourth-order valence-electron chi connectivity index (χ4n) is 1.53. The number of aromatic nitrogens is 1. The molecule has 108 valence electrons. The molecule has 0 radical (unpaired) electrons. The van der Waals surface area contributed by atoms with E-state index in [1.165, 1.54) is 0 Å². The number of aryl methyl sites for hydroxylation is 1. The zero-order valence-corrected chi connectivity index (χ0v) is 11.0. The SMILES string of the molecule is Cc1cccnc1CNC(=O)N(CC(N)=O)CC(=O)O. The van der Waals surface area contributed by atoms with Crippen LogP contribution in [-0.4, -0.2) is 46.0 Å². The van der Waals surface area contributed by atoms with Crippen molar-refractivity contribution in [1.82, 2.24) is 15.2 Å². The Hall–Kier alpha value is -2.64. The lowest BCUT2D eigenvalue weighted by atomic mass is 10.2. The number of amides is 3. The quantitative estimate of drug-likeness (QED) is 0.646. The molecule has 0 spiro atoms. The summed E-state index contributed by atoms with van der Waals surface area (Å²) in [6, 6.07) is 2.92. The number of carbonyl (C=O) groups excluding carboxylic acids is 2. The monoisotopic (exact) mass is 280 g/mol. The molecule has 0 saturated carbocycles. The van der Waals surface area contributed by atoms with Crippen LogP contribution in [-0.2, 0) is 16.1 Å². The Morgan fingerprint density at radius 1 is 1.40 bits per heavy atom. The van der Waals surface area contributed by atoms with Crippen molar-refractivity contribution in [2.75, 3.05) is 13.1 Å². The second-order valence-corrected chi connectivity index (χ2v) is 4.14. The minimum Gasteiger partial charge on any atom is -0.480 e. The molecule has 1 aromatic heterocycles. The molecule has 4 N–H and O–H groups in total. The molecule has 3 amide bonds. The molecule has 0 aliphatic heterocycles. The van der Waals surface area contributed by atoms with Crippen LogP contribution in [0.15, 0.2) is 18.3 Å². The average Bonchev–Trinajstić information content (AvgIpc) is 2.35. The highest BCUT2D eigenvalue weighted by Crippen LogP contribution is 2.02. The van der Waals surface area contributed by atoms with Crippen molar-refractivity contribution in [2.24, 2.45) is 5.73 Å². The van der Waals surface area contributed by atoms with Crippen LogP contribution in [0, 0.1) is 6.92 Å². The summed E-state index contributed by atoms with van der Waals surface area (Å²) >= 11 is 0. The van der Waals surface area contributed by atoms with Crippen LogP contribution in [0.1, 0.15) is 11.3 Å². The normalized spacial score (nSPS) is 9.85. The van der Waals surface area contributed by atoms with Gasteiger partial charge >= 0.3 is 12.0 Å². The number of carboxylic acid groups (broad SMARTS) is 1. The summed E-state index contributed by atoms with van der Waals surface area (Å²) in [5, 5.41) is 11.2. The first-order valence-corrected chi connectivity index (χ1v) is 5.83. The van der Waals surface area contributed by atoms with E-state index < -0.39 is 31.0 Å². The lowest BCUT2D eigenvalue weighted by molar-refractivity contribution is -0.137. The Morgan fingerprint density at radius 2 is 2.10 bits per heavy atom. The molecule has 20 heavy (non-hydrogen) atoms. The van der Waals surface area contributed by atoms with Crippen LogP contribution in [0.3, 0.4) is 0 Å². The van der Waals surface area contributed by atoms with E-state index >= 15 is 0 Å². The minimum absolute atomic E-state index is 0.139. The van der Waals surface area contributed by atoms with Crippen molar-refractivity contribution in [3.63, 3.8) is 0 Å². The fraction of sp³-hybridized carbons (Fsp3) is 0.333. The van der Waals surface area contributed by atoms with Crippen molar-refractivity contribution < 1.29 is 19.5 Å². The average molecular weight is 280 g/mol. The molecule has 0 bridgehead atoms. The molecule has 1 rings (SSSR count). The van der Waals surface area contributed by atoms with Crippen LogP contribution in [0.5, 0.6) is 0 Å². The second-order valence-electron chi connectivity index (χ2n) is 4.14. The summed E-state index contributed by atoms with van der Waals surface area (Å²) in [6.45, 7) is 0.919. The third kappa shape index (κ3) is 4.92. The highest BCUT2D eigenvalue weighted by molar-refractivity contribution is 5.85. The van der Waals surface area contributed by atoms with E-state index in [9.17, 15) is 14.4 Å². The molecule has 0 aliphatic rings. The van der Waals surface area contributed by atoms with E-state index in [1.807, 2.05) is 13.0 Å². The van der Waals surface area contributed by atoms with Gasteiger partial charge in [0, 0.05) is 6.20 Å². The highest BCUT2D eigenvalue weighted by atomic mass is 16.4. The molecule has 0 saturated heterocycles. The number of carboxylic acids is 1. The van der Waals surface area contributed by atoms with E-state index in [4.69, 9.17) is 10.8 Å². The van der Waals surface area contributed by atoms with Crippen molar-refractivity contribution in [1.29, 1.82) is 0 Å². The van der Waals surface area contributed by atoms with Gasteiger partial charge in [-0.25, -0.2) is 4.79 Å². The van der Waals surface area contributed by atoms with E-state index in [1.54, 1.807) is 12.3 Å². The Labute approximate surface area is 115 Å². The summed E-state index contributed by atoms with van der Waals surface area (Å²) < 4.78 is 0. The van der Waals surface area contributed by atoms with Gasteiger partial charge in [0.25, 0.3) is 0 Å². The number of nitrogens with one attached hydrogen (secondary N) is 1. The maximum absolute atomic E-state index is 11.8. The standard InChI is InChI=1S/C12H16N4O4/c1-8-3-2-4-14-9(8)5-15-12(20)16(6-10(13)17)7-11(18)19/h2-4H,5-7H2,1H3,(H2,13,17)(H,15,20)(H,18,19). The predicted octanol–water partition coefficient (Wildman–Crippen LogP) is -0.528. The molecule has 8 nitrogen and oxygen atoms in total. The van der Waals surface area contributed by atoms with Gasteiger partial charge < -0.3 is 21.1 Å². The Balaban J connectivity index is 2.64. The van der Waals surface area contributed by atoms with Crippen LogP contribution >= 0.6 is 0 Å². The fourth-order valence-corrected chi connectivity index (χ4v) is 1.53. The van der Waals surface area contributed by atoms with Crippen molar-refractivity contribution in [2.45, 2.75) is 13.5 Å². The smallest absolute Gasteiger partial charge is 0.323 e. The highest BCUT2D eigenvalue weighted by Gasteiger charge is 2.18. The molecule has 0 fully saturated rings.